The summed E-state index contributed by atoms with van der Waals surface area (Å²) in [6.07, 6.45) is 2.57. The molecule has 3 aromatic rings. The molecule has 0 aliphatic carbocycles. The van der Waals surface area contributed by atoms with Gasteiger partial charge in [0.05, 0.1) is 17.1 Å². The molecule has 5 heteroatoms. The summed E-state index contributed by atoms with van der Waals surface area (Å²) in [6, 6.07) is 9.99. The lowest BCUT2D eigenvalue weighted by molar-refractivity contribution is 0.198. The van der Waals surface area contributed by atoms with Crippen molar-refractivity contribution in [2.45, 2.75) is 12.5 Å². The highest BCUT2D eigenvalue weighted by Gasteiger charge is 2.21. The van der Waals surface area contributed by atoms with E-state index in [2.05, 4.69) is 14.9 Å². The lowest BCUT2D eigenvalue weighted by Crippen LogP contribution is -2.22. The largest absolute Gasteiger partial charge is 0.391 e. The summed E-state index contributed by atoms with van der Waals surface area (Å²) >= 11 is 0. The average Bonchev–Trinajstić information content (AvgIpc) is 3.01. The third kappa shape index (κ3) is 1.66. The molecule has 1 saturated heterocycles. The van der Waals surface area contributed by atoms with Crippen molar-refractivity contribution in [3.63, 3.8) is 0 Å². The number of imidazole rings is 1. The third-order valence-electron chi connectivity index (χ3n) is 3.65. The standard InChI is InChI=1S/C14H14N4O/c19-10-5-7-17(9-10)13-6-8-18-12-4-2-1-3-11(12)15-14(18)16-13/h1-4,6,8,10,19H,5,7,9H2/t10-/m1/s1. The molecule has 0 unspecified atom stereocenters. The first-order chi connectivity index (χ1) is 9.31. The van der Waals surface area contributed by atoms with Gasteiger partial charge < -0.3 is 10.0 Å². The Balaban J connectivity index is 1.85. The Morgan fingerprint density at radius 3 is 2.89 bits per heavy atom. The number of benzene rings is 1. The molecule has 0 bridgehead atoms. The maximum Gasteiger partial charge on any atom is 0.236 e. The molecule has 3 heterocycles. The Bertz CT molecular complexity index is 751. The topological polar surface area (TPSA) is 53.7 Å². The number of nitrogens with zero attached hydrogens (tertiary/aromatic N) is 4. The van der Waals surface area contributed by atoms with Gasteiger partial charge in [0.25, 0.3) is 0 Å². The van der Waals surface area contributed by atoms with Gasteiger partial charge in [-0.2, -0.15) is 4.98 Å². The molecule has 1 aliphatic heterocycles. The predicted octanol–water partition coefficient (Wildman–Crippen LogP) is 1.45. The lowest BCUT2D eigenvalue weighted by Gasteiger charge is -2.16. The van der Waals surface area contributed by atoms with Gasteiger partial charge in [-0.15, -0.1) is 0 Å². The molecular formula is C14H14N4O. The van der Waals surface area contributed by atoms with E-state index >= 15 is 0 Å². The molecular weight excluding hydrogens is 240 g/mol. The Labute approximate surface area is 110 Å². The fraction of sp³-hybridized carbons (Fsp3) is 0.286. The van der Waals surface area contributed by atoms with Crippen LogP contribution in [0.15, 0.2) is 36.5 Å². The summed E-state index contributed by atoms with van der Waals surface area (Å²) in [5.41, 5.74) is 2.02. The first-order valence-electron chi connectivity index (χ1n) is 6.48. The van der Waals surface area contributed by atoms with Gasteiger partial charge in [0.1, 0.15) is 5.82 Å². The van der Waals surface area contributed by atoms with Crippen LogP contribution >= 0.6 is 0 Å². The van der Waals surface area contributed by atoms with Crippen molar-refractivity contribution < 1.29 is 5.11 Å². The van der Waals surface area contributed by atoms with E-state index in [0.29, 0.717) is 12.3 Å². The number of rotatable bonds is 1. The molecule has 0 radical (unpaired) electrons. The smallest absolute Gasteiger partial charge is 0.236 e. The van der Waals surface area contributed by atoms with Crippen molar-refractivity contribution in [2.24, 2.45) is 0 Å². The Morgan fingerprint density at radius 2 is 2.05 bits per heavy atom. The molecule has 1 atom stereocenters. The molecule has 2 aromatic heterocycles. The van der Waals surface area contributed by atoms with Crippen LogP contribution in [0, 0.1) is 0 Å². The quantitative estimate of drug-likeness (QED) is 0.714. The average molecular weight is 254 g/mol. The van der Waals surface area contributed by atoms with E-state index in [0.717, 1.165) is 29.8 Å². The highest BCUT2D eigenvalue weighted by atomic mass is 16.3. The van der Waals surface area contributed by atoms with E-state index in [1.54, 1.807) is 0 Å². The number of hydrogen-bond acceptors (Lipinski definition) is 4. The molecule has 5 nitrogen and oxygen atoms in total. The zero-order valence-corrected chi connectivity index (χ0v) is 10.4. The van der Waals surface area contributed by atoms with Crippen molar-refractivity contribution in [3.8, 4) is 0 Å². The fourth-order valence-electron chi connectivity index (χ4n) is 2.66. The molecule has 0 spiro atoms. The number of hydrogen-bond donors (Lipinski definition) is 1. The molecule has 1 aromatic carbocycles. The first kappa shape index (κ1) is 10.8. The van der Waals surface area contributed by atoms with E-state index in [-0.39, 0.29) is 6.10 Å². The number of β-amino-alcohol motifs (C(OH)–C–C–N with tert-alkyl or cyclic N) is 1. The minimum atomic E-state index is -0.239. The van der Waals surface area contributed by atoms with Gasteiger partial charge in [0.2, 0.25) is 5.78 Å². The fourth-order valence-corrected chi connectivity index (χ4v) is 2.66. The number of aliphatic hydroxyl groups is 1. The van der Waals surface area contributed by atoms with Gasteiger partial charge in [-0.25, -0.2) is 4.98 Å². The monoisotopic (exact) mass is 254 g/mol. The van der Waals surface area contributed by atoms with Crippen molar-refractivity contribution >= 4 is 22.6 Å². The zero-order chi connectivity index (χ0) is 12.8. The van der Waals surface area contributed by atoms with E-state index < -0.39 is 0 Å². The number of aliphatic hydroxyl groups excluding tert-OH is 1. The Kier molecular flexibility index (Phi) is 2.22. The summed E-state index contributed by atoms with van der Waals surface area (Å²) in [4.78, 5) is 11.2. The van der Waals surface area contributed by atoms with Crippen LogP contribution in [0.3, 0.4) is 0 Å². The van der Waals surface area contributed by atoms with Crippen LogP contribution in [0.25, 0.3) is 16.8 Å². The number of anilines is 1. The number of aromatic nitrogens is 3. The highest BCUT2D eigenvalue weighted by Crippen LogP contribution is 2.21. The summed E-state index contributed by atoms with van der Waals surface area (Å²) in [5.74, 6) is 1.60. The van der Waals surface area contributed by atoms with Crippen LogP contribution in [-0.4, -0.2) is 38.7 Å². The van der Waals surface area contributed by atoms with Crippen LogP contribution in [-0.2, 0) is 0 Å². The van der Waals surface area contributed by atoms with Gasteiger partial charge in [0.15, 0.2) is 0 Å². The molecule has 96 valence electrons. The second-order valence-corrected chi connectivity index (χ2v) is 4.94. The van der Waals surface area contributed by atoms with Gasteiger partial charge >= 0.3 is 0 Å². The van der Waals surface area contributed by atoms with Crippen LogP contribution in [0.5, 0.6) is 0 Å². The van der Waals surface area contributed by atoms with Gasteiger partial charge in [-0.1, -0.05) is 12.1 Å². The maximum absolute atomic E-state index is 9.60. The summed E-state index contributed by atoms with van der Waals surface area (Å²) < 4.78 is 1.99. The van der Waals surface area contributed by atoms with E-state index in [1.165, 1.54) is 0 Å². The highest BCUT2D eigenvalue weighted by molar-refractivity contribution is 5.79. The Morgan fingerprint density at radius 1 is 1.16 bits per heavy atom. The minimum absolute atomic E-state index is 0.239. The second-order valence-electron chi connectivity index (χ2n) is 4.94. The molecule has 19 heavy (non-hydrogen) atoms. The van der Waals surface area contributed by atoms with Crippen molar-refractivity contribution in [1.82, 2.24) is 14.4 Å². The van der Waals surface area contributed by atoms with E-state index in [4.69, 9.17) is 0 Å². The third-order valence-corrected chi connectivity index (χ3v) is 3.65. The Hall–Kier alpha value is -2.14. The summed E-state index contributed by atoms with van der Waals surface area (Å²) in [5, 5.41) is 9.60. The lowest BCUT2D eigenvalue weighted by atomic mass is 10.3. The first-order valence-corrected chi connectivity index (χ1v) is 6.48. The predicted molar refractivity (Wildman–Crippen MR) is 73.3 cm³/mol. The van der Waals surface area contributed by atoms with Crippen molar-refractivity contribution in [1.29, 1.82) is 0 Å². The van der Waals surface area contributed by atoms with Crippen molar-refractivity contribution in [3.05, 3.63) is 36.5 Å². The minimum Gasteiger partial charge on any atom is -0.391 e. The molecule has 4 rings (SSSR count). The second kappa shape index (κ2) is 3.93. The molecule has 1 N–H and O–H groups in total. The van der Waals surface area contributed by atoms with Gasteiger partial charge in [0, 0.05) is 19.3 Å². The van der Waals surface area contributed by atoms with E-state index in [1.807, 2.05) is 40.9 Å². The molecule has 0 amide bonds. The molecule has 1 aliphatic rings. The number of fused-ring (bicyclic) bond motifs is 3. The van der Waals surface area contributed by atoms with E-state index in [9.17, 15) is 5.11 Å². The van der Waals surface area contributed by atoms with Crippen molar-refractivity contribution in [2.75, 3.05) is 18.0 Å². The molecule has 0 saturated carbocycles. The van der Waals surface area contributed by atoms with Gasteiger partial charge in [-0.3, -0.25) is 4.40 Å². The normalized spacial score (nSPS) is 19.6. The van der Waals surface area contributed by atoms with Crippen LogP contribution in [0.2, 0.25) is 0 Å². The maximum atomic E-state index is 9.60. The SMILES string of the molecule is O[C@@H]1CCN(c2ccn3c(n2)nc2ccccc23)C1. The van der Waals surface area contributed by atoms with Crippen LogP contribution in [0.1, 0.15) is 6.42 Å². The van der Waals surface area contributed by atoms with Crippen LogP contribution < -0.4 is 4.90 Å². The summed E-state index contributed by atoms with van der Waals surface area (Å²) in [7, 11) is 0. The van der Waals surface area contributed by atoms with Gasteiger partial charge in [-0.05, 0) is 24.6 Å². The zero-order valence-electron chi connectivity index (χ0n) is 10.4. The molecule has 1 fully saturated rings. The summed E-state index contributed by atoms with van der Waals surface area (Å²) in [6.45, 7) is 1.51. The van der Waals surface area contributed by atoms with Crippen LogP contribution in [0.4, 0.5) is 5.82 Å². The number of para-hydroxylation sites is 2.